The molecule has 3 fully saturated rings. The molecule has 2 saturated heterocycles. The second kappa shape index (κ2) is 8.11. The van der Waals surface area contributed by atoms with Gasteiger partial charge in [-0.3, -0.25) is 9.59 Å². The fourth-order valence-corrected chi connectivity index (χ4v) is 4.87. The topological polar surface area (TPSA) is 93.2 Å². The molecule has 0 radical (unpaired) electrons. The summed E-state index contributed by atoms with van der Waals surface area (Å²) >= 11 is 0. The molecular weight excluding hydrogens is 412 g/mol. The number of benzene rings is 2. The van der Waals surface area contributed by atoms with Crippen LogP contribution < -0.4 is 0 Å². The Bertz CT molecular complexity index is 1050. The summed E-state index contributed by atoms with van der Waals surface area (Å²) in [4.78, 5) is 57.7. The fraction of sp³-hybridized carbons (Fsp3) is 0.333. The van der Waals surface area contributed by atoms with E-state index in [1.165, 1.54) is 12.1 Å². The molecule has 3 atom stereocenters. The lowest BCUT2D eigenvalue weighted by atomic mass is 9.73. The number of hydroxylamine groups is 2. The maximum absolute atomic E-state index is 13.0. The van der Waals surface area contributed by atoms with Gasteiger partial charge >= 0.3 is 12.1 Å². The molecule has 2 aromatic rings. The standard InChI is InChI=1S/C24H22N2O6/c27-21-17-8-4-5-9-18(17)22(28)26(21)32-23(29)19-12-16-10-11-20(19)25(13-16)24(30)31-14-15-6-2-1-3-7-15/h1-9,16,19-20H,10-14H2. The predicted octanol–water partition coefficient (Wildman–Crippen LogP) is 3.18. The number of hydrogen-bond acceptors (Lipinski definition) is 6. The van der Waals surface area contributed by atoms with Gasteiger partial charge in [-0.1, -0.05) is 47.5 Å². The summed E-state index contributed by atoms with van der Waals surface area (Å²) in [5.74, 6) is -2.45. The summed E-state index contributed by atoms with van der Waals surface area (Å²) in [5.41, 5.74) is 1.30. The Morgan fingerprint density at radius 3 is 2.22 bits per heavy atom. The van der Waals surface area contributed by atoms with Crippen molar-refractivity contribution >= 4 is 23.9 Å². The Hall–Kier alpha value is -3.68. The molecule has 2 bridgehead atoms. The average Bonchev–Trinajstić information content (AvgIpc) is 3.08. The largest absolute Gasteiger partial charge is 0.445 e. The molecule has 0 N–H and O–H groups in total. The number of ether oxygens (including phenoxy) is 1. The summed E-state index contributed by atoms with van der Waals surface area (Å²) in [6, 6.07) is 15.3. The molecule has 8 heteroatoms. The number of carbonyl (C=O) groups is 4. The van der Waals surface area contributed by atoms with E-state index in [9.17, 15) is 19.2 Å². The molecule has 3 aliphatic heterocycles. The minimum absolute atomic E-state index is 0.143. The maximum Gasteiger partial charge on any atom is 0.410 e. The highest BCUT2D eigenvalue weighted by molar-refractivity contribution is 6.20. The molecule has 6 rings (SSSR count). The van der Waals surface area contributed by atoms with Crippen molar-refractivity contribution in [2.24, 2.45) is 11.8 Å². The summed E-state index contributed by atoms with van der Waals surface area (Å²) in [6.07, 6.45) is 1.63. The van der Waals surface area contributed by atoms with Gasteiger partial charge in [-0.05, 0) is 42.9 Å². The molecule has 1 aliphatic carbocycles. The minimum atomic E-state index is -0.672. The van der Waals surface area contributed by atoms with E-state index in [4.69, 9.17) is 9.57 Å². The van der Waals surface area contributed by atoms with Crippen LogP contribution in [0.1, 0.15) is 45.5 Å². The highest BCUT2D eigenvalue weighted by Gasteiger charge is 2.49. The van der Waals surface area contributed by atoms with E-state index in [0.29, 0.717) is 24.4 Å². The molecule has 0 spiro atoms. The maximum atomic E-state index is 13.0. The first-order chi connectivity index (χ1) is 15.5. The van der Waals surface area contributed by atoms with Crippen LogP contribution in [0.15, 0.2) is 54.6 Å². The summed E-state index contributed by atoms with van der Waals surface area (Å²) in [7, 11) is 0. The highest BCUT2D eigenvalue weighted by Crippen LogP contribution is 2.40. The van der Waals surface area contributed by atoms with Crippen molar-refractivity contribution < 1.29 is 28.8 Å². The Morgan fingerprint density at radius 2 is 1.56 bits per heavy atom. The molecule has 3 unspecified atom stereocenters. The van der Waals surface area contributed by atoms with Gasteiger partial charge in [0.05, 0.1) is 17.0 Å². The van der Waals surface area contributed by atoms with E-state index in [1.807, 2.05) is 30.3 Å². The van der Waals surface area contributed by atoms with Crippen LogP contribution in [-0.2, 0) is 21.0 Å². The second-order valence-corrected chi connectivity index (χ2v) is 8.41. The van der Waals surface area contributed by atoms with Gasteiger partial charge in [-0.2, -0.15) is 0 Å². The van der Waals surface area contributed by atoms with Gasteiger partial charge in [0, 0.05) is 12.6 Å². The van der Waals surface area contributed by atoms with Crippen molar-refractivity contribution in [3.63, 3.8) is 0 Å². The van der Waals surface area contributed by atoms with Crippen LogP contribution in [0, 0.1) is 11.8 Å². The van der Waals surface area contributed by atoms with Crippen LogP contribution in [0.3, 0.4) is 0 Å². The van der Waals surface area contributed by atoms with E-state index in [-0.39, 0.29) is 29.7 Å². The van der Waals surface area contributed by atoms with Crippen molar-refractivity contribution in [2.45, 2.75) is 31.9 Å². The van der Waals surface area contributed by atoms with Crippen molar-refractivity contribution in [2.75, 3.05) is 6.54 Å². The van der Waals surface area contributed by atoms with E-state index in [2.05, 4.69) is 0 Å². The van der Waals surface area contributed by atoms with Gasteiger partial charge in [0.1, 0.15) is 6.61 Å². The van der Waals surface area contributed by atoms with Crippen molar-refractivity contribution in [1.29, 1.82) is 0 Å². The molecular formula is C24H22N2O6. The normalized spacial score (nSPS) is 23.8. The van der Waals surface area contributed by atoms with Crippen LogP contribution >= 0.6 is 0 Å². The SMILES string of the molecule is O=C(ON1C(=O)c2ccccc2C1=O)C1CC2CCC1N(C(=O)OCc1ccccc1)C2. The van der Waals surface area contributed by atoms with Crippen LogP contribution in [0.4, 0.5) is 4.79 Å². The smallest absolute Gasteiger partial charge is 0.410 e. The number of imide groups is 1. The Labute approximate surface area is 184 Å². The molecule has 164 valence electrons. The number of fused-ring (bicyclic) bond motifs is 4. The summed E-state index contributed by atoms with van der Waals surface area (Å²) in [6.45, 7) is 0.673. The molecule has 2 aromatic carbocycles. The monoisotopic (exact) mass is 434 g/mol. The third-order valence-corrected chi connectivity index (χ3v) is 6.46. The first-order valence-electron chi connectivity index (χ1n) is 10.7. The molecule has 3 amide bonds. The zero-order valence-corrected chi connectivity index (χ0v) is 17.3. The Kier molecular flexibility index (Phi) is 5.13. The van der Waals surface area contributed by atoms with Gasteiger partial charge < -0.3 is 14.5 Å². The molecule has 8 nitrogen and oxygen atoms in total. The lowest BCUT2D eigenvalue weighted by Crippen LogP contribution is -2.58. The number of piperidine rings is 2. The van der Waals surface area contributed by atoms with Crippen LogP contribution in [-0.4, -0.2) is 46.4 Å². The van der Waals surface area contributed by atoms with Gasteiger partial charge in [0.2, 0.25) is 0 Å². The van der Waals surface area contributed by atoms with E-state index >= 15 is 0 Å². The first kappa shape index (κ1) is 20.2. The van der Waals surface area contributed by atoms with Crippen molar-refractivity contribution in [3.05, 3.63) is 71.3 Å². The van der Waals surface area contributed by atoms with Crippen LogP contribution in [0.25, 0.3) is 0 Å². The van der Waals surface area contributed by atoms with Crippen LogP contribution in [0.2, 0.25) is 0 Å². The summed E-state index contributed by atoms with van der Waals surface area (Å²) in [5, 5.41) is 0.535. The fourth-order valence-electron chi connectivity index (χ4n) is 4.87. The van der Waals surface area contributed by atoms with Gasteiger partial charge in [0.15, 0.2) is 0 Å². The highest BCUT2D eigenvalue weighted by atomic mass is 16.7. The molecule has 32 heavy (non-hydrogen) atoms. The molecule has 1 saturated carbocycles. The number of hydrogen-bond donors (Lipinski definition) is 0. The van der Waals surface area contributed by atoms with E-state index in [1.54, 1.807) is 17.0 Å². The van der Waals surface area contributed by atoms with Gasteiger partial charge in [0.25, 0.3) is 11.8 Å². The zero-order chi connectivity index (χ0) is 22.2. The van der Waals surface area contributed by atoms with Crippen molar-refractivity contribution in [3.8, 4) is 0 Å². The Balaban J connectivity index is 1.26. The number of rotatable bonds is 4. The third-order valence-electron chi connectivity index (χ3n) is 6.46. The quantitative estimate of drug-likeness (QED) is 0.687. The van der Waals surface area contributed by atoms with Crippen molar-refractivity contribution in [1.82, 2.24) is 9.96 Å². The number of nitrogens with zero attached hydrogens (tertiary/aromatic N) is 2. The zero-order valence-electron chi connectivity index (χ0n) is 17.3. The van der Waals surface area contributed by atoms with Gasteiger partial charge in [-0.15, -0.1) is 0 Å². The number of carbonyl (C=O) groups excluding carboxylic acids is 4. The second-order valence-electron chi connectivity index (χ2n) is 8.41. The summed E-state index contributed by atoms with van der Waals surface area (Å²) < 4.78 is 5.47. The van der Waals surface area contributed by atoms with E-state index in [0.717, 1.165) is 12.0 Å². The molecule has 4 aliphatic rings. The number of amides is 3. The lowest BCUT2D eigenvalue weighted by molar-refractivity contribution is -0.180. The average molecular weight is 434 g/mol. The van der Waals surface area contributed by atoms with Gasteiger partial charge in [-0.25, -0.2) is 9.59 Å². The third kappa shape index (κ3) is 3.51. The molecule has 0 aromatic heterocycles. The Morgan fingerprint density at radius 1 is 0.906 bits per heavy atom. The predicted molar refractivity (Wildman–Crippen MR) is 111 cm³/mol. The first-order valence-corrected chi connectivity index (χ1v) is 10.7. The van der Waals surface area contributed by atoms with E-state index < -0.39 is 29.8 Å². The molecule has 3 heterocycles. The minimum Gasteiger partial charge on any atom is -0.445 e. The lowest BCUT2D eigenvalue weighted by Gasteiger charge is -2.48. The van der Waals surface area contributed by atoms with Crippen LogP contribution in [0.5, 0.6) is 0 Å².